The number of hydrogen-bond donors (Lipinski definition) is 1. The molecule has 0 atom stereocenters. The number of hydrogen-bond acceptors (Lipinski definition) is 2. The Labute approximate surface area is 112 Å². The van der Waals surface area contributed by atoms with Crippen LogP contribution in [0.2, 0.25) is 0 Å². The smallest absolute Gasteiger partial charge is 0.224 e. The number of anilines is 1. The lowest BCUT2D eigenvalue weighted by Crippen LogP contribution is -2.18. The van der Waals surface area contributed by atoms with Crippen LogP contribution in [0.1, 0.15) is 23.1 Å². The first-order valence-corrected chi connectivity index (χ1v) is 6.32. The number of nitrogens with zero attached hydrogens (tertiary/aromatic N) is 1. The number of aryl methyl sites for hydroxylation is 1. The van der Waals surface area contributed by atoms with E-state index in [9.17, 15) is 4.79 Å². The summed E-state index contributed by atoms with van der Waals surface area (Å²) < 4.78 is 0. The van der Waals surface area contributed by atoms with Crippen molar-refractivity contribution in [1.82, 2.24) is 4.98 Å². The third kappa shape index (κ3) is 2.71. The van der Waals surface area contributed by atoms with Gasteiger partial charge in [0.1, 0.15) is 0 Å². The topological polar surface area (TPSA) is 42.0 Å². The Morgan fingerprint density at radius 2 is 2.00 bits per heavy atom. The maximum absolute atomic E-state index is 11.3. The molecule has 0 fully saturated rings. The van der Waals surface area contributed by atoms with E-state index >= 15 is 0 Å². The van der Waals surface area contributed by atoms with Gasteiger partial charge in [-0.1, -0.05) is 24.3 Å². The Morgan fingerprint density at radius 1 is 1.11 bits per heavy atom. The Bertz CT molecular complexity index is 632. The average molecular weight is 250 g/mol. The van der Waals surface area contributed by atoms with Crippen LogP contribution in [0, 0.1) is 0 Å². The quantitative estimate of drug-likeness (QED) is 0.889. The molecule has 1 aliphatic rings. The summed E-state index contributed by atoms with van der Waals surface area (Å²) in [6.45, 7) is 0. The van der Waals surface area contributed by atoms with Crippen LogP contribution in [0.25, 0.3) is 12.2 Å². The van der Waals surface area contributed by atoms with E-state index in [2.05, 4.69) is 22.4 Å². The van der Waals surface area contributed by atoms with Crippen molar-refractivity contribution in [3.8, 4) is 0 Å². The lowest BCUT2D eigenvalue weighted by molar-refractivity contribution is -0.116. The first kappa shape index (κ1) is 11.7. The number of nitrogens with one attached hydrogen (secondary N) is 1. The van der Waals surface area contributed by atoms with Crippen molar-refractivity contribution >= 4 is 23.7 Å². The molecule has 3 nitrogen and oxygen atoms in total. The number of pyridine rings is 1. The summed E-state index contributed by atoms with van der Waals surface area (Å²) in [5.74, 6) is 0.103. The minimum absolute atomic E-state index is 0.103. The molecule has 19 heavy (non-hydrogen) atoms. The van der Waals surface area contributed by atoms with Gasteiger partial charge >= 0.3 is 0 Å². The largest absolute Gasteiger partial charge is 0.326 e. The molecule has 1 amide bonds. The third-order valence-corrected chi connectivity index (χ3v) is 3.18. The van der Waals surface area contributed by atoms with Crippen LogP contribution in [-0.4, -0.2) is 10.9 Å². The molecular formula is C16H14N2O. The lowest BCUT2D eigenvalue weighted by Gasteiger charge is -2.16. The van der Waals surface area contributed by atoms with Gasteiger partial charge in [-0.25, -0.2) is 0 Å². The second-order valence-electron chi connectivity index (χ2n) is 4.58. The highest BCUT2D eigenvalue weighted by molar-refractivity contribution is 5.94. The van der Waals surface area contributed by atoms with Crippen LogP contribution in [0.5, 0.6) is 0 Å². The molecule has 0 spiro atoms. The first-order valence-electron chi connectivity index (χ1n) is 6.32. The predicted octanol–water partition coefficient (Wildman–Crippen LogP) is 3.14. The van der Waals surface area contributed by atoms with Crippen molar-refractivity contribution in [2.75, 3.05) is 5.32 Å². The van der Waals surface area contributed by atoms with E-state index in [4.69, 9.17) is 0 Å². The summed E-state index contributed by atoms with van der Waals surface area (Å²) in [7, 11) is 0. The van der Waals surface area contributed by atoms with Crippen LogP contribution < -0.4 is 5.32 Å². The molecule has 0 aliphatic carbocycles. The molecular weight excluding hydrogens is 236 g/mol. The number of rotatable bonds is 2. The first-order chi connectivity index (χ1) is 9.31. The molecule has 94 valence electrons. The third-order valence-electron chi connectivity index (χ3n) is 3.18. The van der Waals surface area contributed by atoms with Crippen LogP contribution in [0.4, 0.5) is 5.69 Å². The molecule has 1 aliphatic heterocycles. The Kier molecular flexibility index (Phi) is 3.11. The molecule has 1 aromatic carbocycles. The Hall–Kier alpha value is -2.42. The number of amides is 1. The normalized spacial score (nSPS) is 14.2. The van der Waals surface area contributed by atoms with Crippen molar-refractivity contribution in [2.45, 2.75) is 12.8 Å². The maximum Gasteiger partial charge on any atom is 0.224 e. The highest BCUT2D eigenvalue weighted by Gasteiger charge is 2.13. The van der Waals surface area contributed by atoms with Gasteiger partial charge in [0.15, 0.2) is 0 Å². The number of benzene rings is 1. The van der Waals surface area contributed by atoms with E-state index in [1.807, 2.05) is 36.5 Å². The molecule has 0 bridgehead atoms. The summed E-state index contributed by atoms with van der Waals surface area (Å²) in [4.78, 5) is 15.4. The molecule has 0 saturated carbocycles. The summed E-state index contributed by atoms with van der Waals surface area (Å²) in [5, 5.41) is 2.89. The van der Waals surface area contributed by atoms with Gasteiger partial charge < -0.3 is 5.32 Å². The summed E-state index contributed by atoms with van der Waals surface area (Å²) >= 11 is 0. The molecule has 1 aromatic heterocycles. The Balaban J connectivity index is 1.83. The van der Waals surface area contributed by atoms with E-state index in [0.29, 0.717) is 6.42 Å². The SMILES string of the molecule is O=C1CCc2cc(C=Cc3cccnc3)ccc2N1. The number of fused-ring (bicyclic) bond motifs is 1. The van der Waals surface area contributed by atoms with Crippen LogP contribution in [0.15, 0.2) is 42.7 Å². The zero-order valence-electron chi connectivity index (χ0n) is 10.5. The lowest BCUT2D eigenvalue weighted by atomic mass is 10.00. The molecule has 0 saturated heterocycles. The Morgan fingerprint density at radius 3 is 2.84 bits per heavy atom. The zero-order valence-corrected chi connectivity index (χ0v) is 10.5. The minimum Gasteiger partial charge on any atom is -0.326 e. The van der Waals surface area contributed by atoms with Gasteiger partial charge in [-0.3, -0.25) is 9.78 Å². The van der Waals surface area contributed by atoms with E-state index in [0.717, 1.165) is 23.2 Å². The number of aromatic nitrogens is 1. The van der Waals surface area contributed by atoms with Gasteiger partial charge in [0.25, 0.3) is 0 Å². The van der Waals surface area contributed by atoms with Crippen LogP contribution in [-0.2, 0) is 11.2 Å². The van der Waals surface area contributed by atoms with Gasteiger partial charge in [-0.2, -0.15) is 0 Å². The predicted molar refractivity (Wildman–Crippen MR) is 76.6 cm³/mol. The average Bonchev–Trinajstić information content (AvgIpc) is 2.46. The fourth-order valence-corrected chi connectivity index (χ4v) is 2.17. The van der Waals surface area contributed by atoms with Crippen LogP contribution in [0.3, 0.4) is 0 Å². The summed E-state index contributed by atoms with van der Waals surface area (Å²) in [6, 6.07) is 10.0. The van der Waals surface area contributed by atoms with E-state index in [1.165, 1.54) is 5.56 Å². The highest BCUT2D eigenvalue weighted by atomic mass is 16.1. The fraction of sp³-hybridized carbons (Fsp3) is 0.125. The molecule has 3 heteroatoms. The monoisotopic (exact) mass is 250 g/mol. The molecule has 2 heterocycles. The highest BCUT2D eigenvalue weighted by Crippen LogP contribution is 2.24. The molecule has 3 rings (SSSR count). The van der Waals surface area contributed by atoms with Gasteiger partial charge in [0.05, 0.1) is 0 Å². The maximum atomic E-state index is 11.3. The molecule has 1 N–H and O–H groups in total. The second-order valence-corrected chi connectivity index (χ2v) is 4.58. The van der Waals surface area contributed by atoms with Crippen molar-refractivity contribution in [1.29, 1.82) is 0 Å². The minimum atomic E-state index is 0.103. The van der Waals surface area contributed by atoms with Gasteiger partial charge in [0, 0.05) is 24.5 Å². The number of carbonyl (C=O) groups excluding carboxylic acids is 1. The van der Waals surface area contributed by atoms with Crippen molar-refractivity contribution in [2.24, 2.45) is 0 Å². The van der Waals surface area contributed by atoms with Gasteiger partial charge in [-0.15, -0.1) is 0 Å². The zero-order chi connectivity index (χ0) is 13.1. The van der Waals surface area contributed by atoms with E-state index < -0.39 is 0 Å². The summed E-state index contributed by atoms with van der Waals surface area (Å²) in [6.07, 6.45) is 9.08. The standard InChI is InChI=1S/C16H14N2O/c19-16-8-6-14-10-12(5-7-15(14)18-16)3-4-13-2-1-9-17-11-13/h1-5,7,9-11H,6,8H2,(H,18,19). The van der Waals surface area contributed by atoms with Crippen LogP contribution >= 0.6 is 0 Å². The van der Waals surface area contributed by atoms with Gasteiger partial charge in [0.2, 0.25) is 5.91 Å². The van der Waals surface area contributed by atoms with Crippen molar-refractivity contribution in [3.63, 3.8) is 0 Å². The van der Waals surface area contributed by atoms with E-state index in [-0.39, 0.29) is 5.91 Å². The number of carbonyl (C=O) groups is 1. The molecule has 0 radical (unpaired) electrons. The fourth-order valence-electron chi connectivity index (χ4n) is 2.17. The van der Waals surface area contributed by atoms with Crippen molar-refractivity contribution in [3.05, 3.63) is 59.4 Å². The van der Waals surface area contributed by atoms with E-state index in [1.54, 1.807) is 6.20 Å². The van der Waals surface area contributed by atoms with Crippen molar-refractivity contribution < 1.29 is 4.79 Å². The summed E-state index contributed by atoms with van der Waals surface area (Å²) in [5.41, 5.74) is 4.36. The molecule has 0 unspecified atom stereocenters. The molecule has 2 aromatic rings. The van der Waals surface area contributed by atoms with Gasteiger partial charge in [-0.05, 0) is 41.3 Å². The second kappa shape index (κ2) is 5.06.